The van der Waals surface area contributed by atoms with Crippen molar-refractivity contribution in [3.05, 3.63) is 70.4 Å². The predicted molar refractivity (Wildman–Crippen MR) is 109 cm³/mol. The summed E-state index contributed by atoms with van der Waals surface area (Å²) in [6.07, 6.45) is 0. The van der Waals surface area contributed by atoms with Crippen LogP contribution >= 0.6 is 11.6 Å². The van der Waals surface area contributed by atoms with E-state index in [-0.39, 0.29) is 18.7 Å². The van der Waals surface area contributed by atoms with E-state index < -0.39 is 23.9 Å². The van der Waals surface area contributed by atoms with Crippen LogP contribution in [-0.4, -0.2) is 43.1 Å². The molecule has 0 saturated heterocycles. The number of ether oxygens (including phenoxy) is 2. The number of esters is 1. The number of methoxy groups -OCH3 is 1. The quantitative estimate of drug-likeness (QED) is 0.715. The topological polar surface area (TPSA) is 97.0 Å². The van der Waals surface area contributed by atoms with E-state index in [0.29, 0.717) is 27.7 Å². The van der Waals surface area contributed by atoms with E-state index >= 15 is 0 Å². The number of urea groups is 1. The molecule has 1 atom stereocenters. The van der Waals surface area contributed by atoms with Gasteiger partial charge in [-0.15, -0.1) is 0 Å². The molecule has 4 rings (SSSR count). The van der Waals surface area contributed by atoms with Gasteiger partial charge in [-0.05, 0) is 35.9 Å². The average Bonchev–Trinajstić information content (AvgIpc) is 3.12. The molecule has 3 amide bonds. The van der Waals surface area contributed by atoms with Crippen molar-refractivity contribution in [2.24, 2.45) is 0 Å². The van der Waals surface area contributed by atoms with Gasteiger partial charge >= 0.3 is 12.0 Å². The van der Waals surface area contributed by atoms with Crippen molar-refractivity contribution in [2.45, 2.75) is 6.04 Å². The van der Waals surface area contributed by atoms with E-state index in [0.717, 1.165) is 0 Å². The number of anilines is 1. The first-order valence-corrected chi connectivity index (χ1v) is 9.52. The second-order valence-electron chi connectivity index (χ2n) is 6.70. The Labute approximate surface area is 177 Å². The highest BCUT2D eigenvalue weighted by atomic mass is 35.5. The Kier molecular flexibility index (Phi) is 5.33. The van der Waals surface area contributed by atoms with Gasteiger partial charge in [0.2, 0.25) is 5.91 Å². The number of amides is 3. The van der Waals surface area contributed by atoms with Crippen LogP contribution in [0.2, 0.25) is 5.02 Å². The highest BCUT2D eigenvalue weighted by Gasteiger charge is 2.43. The number of carbonyl (C=O) groups is 3. The van der Waals surface area contributed by atoms with Crippen molar-refractivity contribution < 1.29 is 23.9 Å². The van der Waals surface area contributed by atoms with Crippen molar-refractivity contribution >= 4 is 35.2 Å². The normalized spacial score (nSPS) is 17.9. The molecule has 9 heteroatoms. The monoisotopic (exact) mass is 427 g/mol. The molecule has 2 heterocycles. The second kappa shape index (κ2) is 8.08. The molecule has 0 bridgehead atoms. The predicted octanol–water partition coefficient (Wildman–Crippen LogP) is 2.86. The van der Waals surface area contributed by atoms with Gasteiger partial charge in [0.05, 0.1) is 24.4 Å². The molecule has 2 aromatic rings. The molecule has 2 N–H and O–H groups in total. The zero-order valence-corrected chi connectivity index (χ0v) is 16.7. The van der Waals surface area contributed by atoms with E-state index in [9.17, 15) is 14.4 Å². The number of rotatable bonds is 5. The molecular formula is C21H18ClN3O5. The van der Waals surface area contributed by atoms with E-state index in [1.54, 1.807) is 55.6 Å². The minimum atomic E-state index is -0.739. The SMILES string of the molecule is COc1ccc(NC(=O)CN2C(=O)NC(c3ccccc3Cl)C3=C2COC3=O)cc1. The average molecular weight is 428 g/mol. The Morgan fingerprint density at radius 1 is 1.23 bits per heavy atom. The van der Waals surface area contributed by atoms with Crippen molar-refractivity contribution in [1.29, 1.82) is 0 Å². The summed E-state index contributed by atoms with van der Waals surface area (Å²) >= 11 is 6.26. The molecule has 2 aromatic carbocycles. The van der Waals surface area contributed by atoms with Gasteiger partial charge in [-0.2, -0.15) is 0 Å². The summed E-state index contributed by atoms with van der Waals surface area (Å²) in [5.41, 5.74) is 1.78. The van der Waals surface area contributed by atoms with Crippen LogP contribution in [0.1, 0.15) is 11.6 Å². The summed E-state index contributed by atoms with van der Waals surface area (Å²) in [4.78, 5) is 38.9. The number of hydrogen-bond acceptors (Lipinski definition) is 5. The summed E-state index contributed by atoms with van der Waals surface area (Å²) in [5, 5.41) is 5.89. The van der Waals surface area contributed by atoms with Crippen LogP contribution in [0.3, 0.4) is 0 Å². The molecule has 2 aliphatic rings. The Morgan fingerprint density at radius 3 is 2.67 bits per heavy atom. The number of halogens is 1. The van der Waals surface area contributed by atoms with Crippen molar-refractivity contribution in [3.63, 3.8) is 0 Å². The maximum atomic E-state index is 12.8. The Hall–Kier alpha value is -3.52. The van der Waals surface area contributed by atoms with Gasteiger partial charge in [-0.3, -0.25) is 9.69 Å². The maximum absolute atomic E-state index is 12.8. The molecule has 0 aliphatic carbocycles. The van der Waals surface area contributed by atoms with Gasteiger partial charge in [0, 0.05) is 10.7 Å². The Morgan fingerprint density at radius 2 is 1.97 bits per heavy atom. The lowest BCUT2D eigenvalue weighted by atomic mass is 9.95. The minimum absolute atomic E-state index is 0.0850. The molecule has 0 radical (unpaired) electrons. The first kappa shape index (κ1) is 19.8. The van der Waals surface area contributed by atoms with Crippen molar-refractivity contribution in [1.82, 2.24) is 10.2 Å². The number of hydrogen-bond donors (Lipinski definition) is 2. The summed E-state index contributed by atoms with van der Waals surface area (Å²) < 4.78 is 10.2. The zero-order chi connectivity index (χ0) is 21.3. The standard InChI is InChI=1S/C21H18ClN3O5/c1-29-13-8-6-12(7-9-13)23-17(26)10-25-16-11-30-20(27)18(16)19(24-21(25)28)14-4-2-3-5-15(14)22/h2-9,19H,10-11H2,1H3,(H,23,26)(H,24,28). The molecule has 30 heavy (non-hydrogen) atoms. The number of cyclic esters (lactones) is 1. The first-order chi connectivity index (χ1) is 14.5. The van der Waals surface area contributed by atoms with Crippen molar-refractivity contribution in [3.8, 4) is 5.75 Å². The fourth-order valence-electron chi connectivity index (χ4n) is 3.44. The van der Waals surface area contributed by atoms with Gasteiger partial charge in [0.1, 0.15) is 18.9 Å². The molecule has 0 saturated carbocycles. The first-order valence-electron chi connectivity index (χ1n) is 9.14. The highest BCUT2D eigenvalue weighted by Crippen LogP contribution is 2.37. The lowest BCUT2D eigenvalue weighted by Crippen LogP contribution is -2.49. The summed E-state index contributed by atoms with van der Waals surface area (Å²) in [7, 11) is 1.55. The van der Waals surface area contributed by atoms with Crippen LogP contribution in [0.25, 0.3) is 0 Å². The van der Waals surface area contributed by atoms with Crippen LogP contribution in [-0.2, 0) is 14.3 Å². The molecule has 0 fully saturated rings. The van der Waals surface area contributed by atoms with Gasteiger partial charge < -0.3 is 20.1 Å². The van der Waals surface area contributed by atoms with Gasteiger partial charge in [0.15, 0.2) is 0 Å². The zero-order valence-electron chi connectivity index (χ0n) is 16.0. The second-order valence-corrected chi connectivity index (χ2v) is 7.11. The summed E-state index contributed by atoms with van der Waals surface area (Å²) in [6, 6.07) is 12.5. The van der Waals surface area contributed by atoms with Gasteiger partial charge in [0.25, 0.3) is 0 Å². The van der Waals surface area contributed by atoms with E-state index in [1.807, 2.05) is 0 Å². The lowest BCUT2D eigenvalue weighted by Gasteiger charge is -2.32. The maximum Gasteiger partial charge on any atom is 0.338 e. The number of nitrogens with one attached hydrogen (secondary N) is 2. The third-order valence-electron chi connectivity index (χ3n) is 4.89. The minimum Gasteiger partial charge on any atom is -0.497 e. The van der Waals surface area contributed by atoms with Crippen LogP contribution < -0.4 is 15.4 Å². The highest BCUT2D eigenvalue weighted by molar-refractivity contribution is 6.31. The third kappa shape index (κ3) is 3.69. The Bertz CT molecular complexity index is 1050. The van der Waals surface area contributed by atoms with E-state index in [1.165, 1.54) is 4.90 Å². The number of carbonyl (C=O) groups excluding carboxylic acids is 3. The smallest absolute Gasteiger partial charge is 0.338 e. The molecule has 2 aliphatic heterocycles. The molecule has 1 unspecified atom stereocenters. The lowest BCUT2D eigenvalue weighted by molar-refractivity contribution is -0.136. The summed E-state index contributed by atoms with van der Waals surface area (Å²) in [5.74, 6) is -0.307. The Balaban J connectivity index is 1.57. The van der Waals surface area contributed by atoms with E-state index in [2.05, 4.69) is 10.6 Å². The van der Waals surface area contributed by atoms with Crippen LogP contribution in [0.15, 0.2) is 59.8 Å². The largest absolute Gasteiger partial charge is 0.497 e. The van der Waals surface area contributed by atoms with Crippen molar-refractivity contribution in [2.75, 3.05) is 25.6 Å². The summed E-state index contributed by atoms with van der Waals surface area (Å²) in [6.45, 7) is -0.360. The van der Waals surface area contributed by atoms with Crippen LogP contribution in [0.4, 0.5) is 10.5 Å². The number of benzene rings is 2. The van der Waals surface area contributed by atoms with Crippen LogP contribution in [0, 0.1) is 0 Å². The molecule has 8 nitrogen and oxygen atoms in total. The van der Waals surface area contributed by atoms with Crippen LogP contribution in [0.5, 0.6) is 5.75 Å². The van der Waals surface area contributed by atoms with E-state index in [4.69, 9.17) is 21.1 Å². The molecule has 154 valence electrons. The van der Waals surface area contributed by atoms with Gasteiger partial charge in [-0.25, -0.2) is 9.59 Å². The molecule has 0 aromatic heterocycles. The fraction of sp³-hybridized carbons (Fsp3) is 0.190. The fourth-order valence-corrected chi connectivity index (χ4v) is 3.68. The third-order valence-corrected chi connectivity index (χ3v) is 5.23. The molecular weight excluding hydrogens is 410 g/mol. The van der Waals surface area contributed by atoms with Gasteiger partial charge in [-0.1, -0.05) is 29.8 Å². The molecule has 0 spiro atoms. The number of nitrogens with zero attached hydrogens (tertiary/aromatic N) is 1.